The summed E-state index contributed by atoms with van der Waals surface area (Å²) < 4.78 is 5.26. The normalized spacial score (nSPS) is 22.2. The molecule has 0 saturated heterocycles. The van der Waals surface area contributed by atoms with Gasteiger partial charge in [-0.25, -0.2) is 0 Å². The van der Waals surface area contributed by atoms with Crippen molar-refractivity contribution in [2.75, 3.05) is 7.11 Å². The van der Waals surface area contributed by atoms with Crippen LogP contribution in [0.2, 0.25) is 11.6 Å². The van der Waals surface area contributed by atoms with E-state index in [0.29, 0.717) is 0 Å². The van der Waals surface area contributed by atoms with Crippen molar-refractivity contribution < 1.29 is 4.74 Å². The Hall–Kier alpha value is -0.655. The van der Waals surface area contributed by atoms with E-state index in [1.165, 1.54) is 77.0 Å². The fourth-order valence-electron chi connectivity index (χ4n) is 4.69. The summed E-state index contributed by atoms with van der Waals surface area (Å²) in [6, 6.07) is 0. The third-order valence-corrected chi connectivity index (χ3v) is 5.77. The van der Waals surface area contributed by atoms with Crippen molar-refractivity contribution >= 4 is 6.71 Å². The van der Waals surface area contributed by atoms with Crippen molar-refractivity contribution in [3.05, 3.63) is 23.9 Å². The van der Waals surface area contributed by atoms with Gasteiger partial charge in [-0.2, -0.15) is 0 Å². The molecule has 0 amide bonds. The van der Waals surface area contributed by atoms with E-state index in [9.17, 15) is 0 Å². The van der Waals surface area contributed by atoms with Crippen LogP contribution in [0.5, 0.6) is 0 Å². The van der Waals surface area contributed by atoms with Gasteiger partial charge in [-0.3, -0.25) is 0 Å². The highest BCUT2D eigenvalue weighted by Crippen LogP contribution is 2.44. The summed E-state index contributed by atoms with van der Waals surface area (Å²) in [5.41, 5.74) is 1.59. The second kappa shape index (κ2) is 10.2. The first-order chi connectivity index (χ1) is 10.9. The van der Waals surface area contributed by atoms with Crippen LogP contribution in [0.1, 0.15) is 84.0 Å². The molecule has 2 aliphatic rings. The molecule has 0 radical (unpaired) electrons. The van der Waals surface area contributed by atoms with Gasteiger partial charge in [0.15, 0.2) is 6.71 Å². The van der Waals surface area contributed by atoms with Crippen molar-refractivity contribution in [1.29, 1.82) is 0 Å². The molecule has 22 heavy (non-hydrogen) atoms. The Balaban J connectivity index is 2.19. The third kappa shape index (κ3) is 5.21. The average Bonchev–Trinajstić information content (AvgIpc) is 2.59. The molecule has 0 aromatic rings. The van der Waals surface area contributed by atoms with Gasteiger partial charge >= 0.3 is 0 Å². The minimum atomic E-state index is 0.790. The summed E-state index contributed by atoms with van der Waals surface area (Å²) in [5.74, 6) is 1.84. The van der Waals surface area contributed by atoms with Crippen molar-refractivity contribution in [3.8, 4) is 0 Å². The number of hydrogen-bond donors (Lipinski definition) is 0. The average molecular weight is 302 g/mol. The van der Waals surface area contributed by atoms with E-state index in [1.807, 2.05) is 6.26 Å². The topological polar surface area (TPSA) is 9.23 Å². The smallest absolute Gasteiger partial charge is 0.181 e. The fourth-order valence-corrected chi connectivity index (χ4v) is 4.69. The Kier molecular flexibility index (Phi) is 8.19. The molecule has 0 spiro atoms. The van der Waals surface area contributed by atoms with E-state index in [-0.39, 0.29) is 0 Å². The highest BCUT2D eigenvalue weighted by atomic mass is 16.5. The lowest BCUT2D eigenvalue weighted by molar-refractivity contribution is 0.338. The first-order valence-corrected chi connectivity index (χ1v) is 9.76. The Morgan fingerprint density at radius 2 is 1.50 bits per heavy atom. The van der Waals surface area contributed by atoms with Gasteiger partial charge in [-0.1, -0.05) is 101 Å². The first kappa shape index (κ1) is 17.7. The molecule has 0 bridgehead atoms. The van der Waals surface area contributed by atoms with E-state index in [0.717, 1.165) is 18.3 Å². The molecule has 0 heterocycles. The predicted octanol–water partition coefficient (Wildman–Crippen LogP) is 6.58. The van der Waals surface area contributed by atoms with Gasteiger partial charge in [-0.05, 0) is 12.5 Å². The Morgan fingerprint density at radius 3 is 1.95 bits per heavy atom. The molecule has 2 heteroatoms. The number of ether oxygens (including phenoxy) is 1. The second-order valence-electron chi connectivity index (χ2n) is 7.35. The molecule has 2 rings (SSSR count). The van der Waals surface area contributed by atoms with E-state index in [1.54, 1.807) is 12.6 Å². The summed E-state index contributed by atoms with van der Waals surface area (Å²) in [5, 5.41) is 0. The monoisotopic (exact) mass is 302 g/mol. The van der Waals surface area contributed by atoms with Gasteiger partial charge in [0.25, 0.3) is 0 Å². The lowest BCUT2D eigenvalue weighted by Gasteiger charge is -2.36. The van der Waals surface area contributed by atoms with Crippen LogP contribution in [-0.2, 0) is 4.74 Å². The largest absolute Gasteiger partial charge is 0.504 e. The van der Waals surface area contributed by atoms with Crippen LogP contribution < -0.4 is 0 Å². The van der Waals surface area contributed by atoms with Gasteiger partial charge in [0.1, 0.15) is 0 Å². The van der Waals surface area contributed by atoms with E-state index in [2.05, 4.69) is 19.1 Å². The maximum Gasteiger partial charge on any atom is 0.181 e. The number of rotatable bonds is 7. The lowest BCUT2D eigenvalue weighted by Crippen LogP contribution is -2.32. The van der Waals surface area contributed by atoms with Crippen LogP contribution in [0.15, 0.2) is 23.9 Å². The van der Waals surface area contributed by atoms with Crippen molar-refractivity contribution in [2.24, 2.45) is 0 Å². The number of unbranched alkanes of at least 4 members (excludes halogenated alkanes) is 1. The summed E-state index contributed by atoms with van der Waals surface area (Å²) in [4.78, 5) is 0. The van der Waals surface area contributed by atoms with Gasteiger partial charge < -0.3 is 4.74 Å². The molecule has 0 aliphatic heterocycles. The first-order valence-electron chi connectivity index (χ1n) is 9.76. The van der Waals surface area contributed by atoms with Crippen LogP contribution >= 0.6 is 0 Å². The second-order valence-corrected chi connectivity index (χ2v) is 7.35. The molecule has 124 valence electrons. The standard InChI is InChI=1S/C20H35BO/c1-3-4-11-20(16-17-22-2)21(18-12-7-5-8-13-18)19-14-9-6-10-15-19/h11,16-19H,3-10,12-15H2,1-2H3/b17-16-,20-11+. The molecular formula is C20H35BO. The quantitative estimate of drug-likeness (QED) is 0.293. The van der Waals surface area contributed by atoms with E-state index < -0.39 is 0 Å². The zero-order valence-corrected chi connectivity index (χ0v) is 14.9. The minimum Gasteiger partial charge on any atom is -0.504 e. The van der Waals surface area contributed by atoms with Crippen molar-refractivity contribution in [2.45, 2.75) is 95.6 Å². The van der Waals surface area contributed by atoms with Crippen molar-refractivity contribution in [1.82, 2.24) is 0 Å². The van der Waals surface area contributed by atoms with Crippen LogP contribution in [0.3, 0.4) is 0 Å². The summed E-state index contributed by atoms with van der Waals surface area (Å²) in [6.45, 7) is 3.07. The van der Waals surface area contributed by atoms with E-state index >= 15 is 0 Å². The number of methoxy groups -OCH3 is 1. The molecular weight excluding hydrogens is 267 g/mol. The molecule has 0 unspecified atom stereocenters. The number of allylic oxidation sites excluding steroid dienone is 3. The minimum absolute atomic E-state index is 0.790. The summed E-state index contributed by atoms with van der Waals surface area (Å²) in [7, 11) is 1.77. The van der Waals surface area contributed by atoms with Gasteiger partial charge in [0.2, 0.25) is 0 Å². The van der Waals surface area contributed by atoms with Gasteiger partial charge in [0, 0.05) is 0 Å². The van der Waals surface area contributed by atoms with Crippen LogP contribution in [0.4, 0.5) is 0 Å². The maximum atomic E-state index is 5.26. The molecule has 0 aromatic heterocycles. The summed E-state index contributed by atoms with van der Waals surface area (Å²) in [6.07, 6.45) is 23.6. The molecule has 2 saturated carbocycles. The molecule has 0 atom stereocenters. The fraction of sp³-hybridized carbons (Fsp3) is 0.800. The highest BCUT2D eigenvalue weighted by molar-refractivity contribution is 6.70. The van der Waals surface area contributed by atoms with Gasteiger partial charge in [-0.15, -0.1) is 0 Å². The molecule has 0 aromatic carbocycles. The molecule has 2 fully saturated rings. The zero-order valence-electron chi connectivity index (χ0n) is 14.9. The Morgan fingerprint density at radius 1 is 0.955 bits per heavy atom. The van der Waals surface area contributed by atoms with Crippen LogP contribution in [0, 0.1) is 0 Å². The number of hydrogen-bond acceptors (Lipinski definition) is 1. The maximum absolute atomic E-state index is 5.26. The van der Waals surface area contributed by atoms with Crippen molar-refractivity contribution in [3.63, 3.8) is 0 Å². The molecule has 2 aliphatic carbocycles. The van der Waals surface area contributed by atoms with E-state index in [4.69, 9.17) is 4.74 Å². The third-order valence-electron chi connectivity index (χ3n) is 5.77. The zero-order chi connectivity index (χ0) is 15.6. The Bertz CT molecular complexity index is 331. The molecule has 1 nitrogen and oxygen atoms in total. The lowest BCUT2D eigenvalue weighted by atomic mass is 9.27. The summed E-state index contributed by atoms with van der Waals surface area (Å²) >= 11 is 0. The predicted molar refractivity (Wildman–Crippen MR) is 98.6 cm³/mol. The SMILES string of the molecule is CCC/C=C(\C=C/OC)B(C1CCCCC1)C1CCCCC1. The van der Waals surface area contributed by atoms with Gasteiger partial charge in [0.05, 0.1) is 13.4 Å². The van der Waals surface area contributed by atoms with Crippen LogP contribution in [-0.4, -0.2) is 13.8 Å². The molecule has 0 N–H and O–H groups in total. The highest BCUT2D eigenvalue weighted by Gasteiger charge is 2.36. The van der Waals surface area contributed by atoms with Crippen LogP contribution in [0.25, 0.3) is 0 Å². The Labute approximate surface area is 138 Å².